The number of sulfone groups is 1. The molecule has 24 heavy (non-hydrogen) atoms. The molecule has 1 aliphatic heterocycles. The molecular formula is C13H15N3O7S. The first-order valence-electron chi connectivity index (χ1n) is 6.82. The second kappa shape index (κ2) is 6.07. The number of hydrogen-bond acceptors (Lipinski definition) is 7. The lowest BCUT2D eigenvalue weighted by atomic mass is 10.1. The molecule has 0 saturated carbocycles. The number of aryl methyl sites for hydroxylation is 1. The molecule has 10 nitrogen and oxygen atoms in total. The van der Waals surface area contributed by atoms with E-state index in [1.54, 1.807) is 6.92 Å². The zero-order chi connectivity index (χ0) is 18.2. The summed E-state index contributed by atoms with van der Waals surface area (Å²) in [6.07, 6.45) is 0. The van der Waals surface area contributed by atoms with Crippen molar-refractivity contribution in [2.45, 2.75) is 12.2 Å². The highest BCUT2D eigenvalue weighted by Gasteiger charge is 2.40. The van der Waals surface area contributed by atoms with E-state index in [4.69, 9.17) is 10.8 Å². The van der Waals surface area contributed by atoms with Gasteiger partial charge in [0.05, 0.1) is 16.2 Å². The van der Waals surface area contributed by atoms with Crippen molar-refractivity contribution in [1.29, 1.82) is 0 Å². The number of aliphatic carboxylic acids is 1. The van der Waals surface area contributed by atoms with Gasteiger partial charge >= 0.3 is 5.97 Å². The number of carboxylic acids is 1. The largest absolute Gasteiger partial charge is 0.480 e. The van der Waals surface area contributed by atoms with Gasteiger partial charge in [0.25, 0.3) is 11.6 Å². The van der Waals surface area contributed by atoms with E-state index in [9.17, 15) is 28.1 Å². The Bertz CT molecular complexity index is 834. The highest BCUT2D eigenvalue weighted by Crippen LogP contribution is 2.28. The van der Waals surface area contributed by atoms with Gasteiger partial charge in [-0.15, -0.1) is 0 Å². The second-order valence-corrected chi connectivity index (χ2v) is 7.75. The van der Waals surface area contributed by atoms with Crippen LogP contribution in [0, 0.1) is 17.0 Å². The predicted molar refractivity (Wildman–Crippen MR) is 83.4 cm³/mol. The molecule has 1 atom stereocenters. The summed E-state index contributed by atoms with van der Waals surface area (Å²) in [6.45, 7) is 0.813. The minimum Gasteiger partial charge on any atom is -0.480 e. The average Bonchev–Trinajstić information content (AvgIpc) is 2.47. The summed E-state index contributed by atoms with van der Waals surface area (Å²) in [4.78, 5) is 35.0. The van der Waals surface area contributed by atoms with Crippen molar-refractivity contribution < 1.29 is 28.0 Å². The molecule has 0 spiro atoms. The van der Waals surface area contributed by atoms with E-state index in [0.29, 0.717) is 5.56 Å². The monoisotopic (exact) mass is 357 g/mol. The molecule has 1 amide bonds. The molecule has 1 unspecified atom stereocenters. The number of nitro benzene ring substituents is 1. The molecule has 1 aromatic rings. The number of rotatable bonds is 3. The Morgan fingerprint density at radius 2 is 2.04 bits per heavy atom. The number of amides is 1. The summed E-state index contributed by atoms with van der Waals surface area (Å²) >= 11 is 0. The Morgan fingerprint density at radius 1 is 1.42 bits per heavy atom. The molecule has 11 heteroatoms. The summed E-state index contributed by atoms with van der Waals surface area (Å²) in [7, 11) is -3.84. The Morgan fingerprint density at radius 3 is 2.58 bits per heavy atom. The van der Waals surface area contributed by atoms with Gasteiger partial charge in [-0.05, 0) is 18.6 Å². The highest BCUT2D eigenvalue weighted by atomic mass is 32.2. The lowest BCUT2D eigenvalue weighted by Gasteiger charge is -2.31. The van der Waals surface area contributed by atoms with Crippen LogP contribution in [0.4, 0.5) is 11.4 Å². The first kappa shape index (κ1) is 17.7. The fourth-order valence-corrected chi connectivity index (χ4v) is 3.95. The lowest BCUT2D eigenvalue weighted by molar-refractivity contribution is -0.384. The maximum Gasteiger partial charge on any atom is 0.323 e. The summed E-state index contributed by atoms with van der Waals surface area (Å²) in [5.41, 5.74) is 5.20. The van der Waals surface area contributed by atoms with E-state index in [2.05, 4.69) is 0 Å². The molecule has 1 aliphatic rings. The third-order valence-corrected chi connectivity index (χ3v) is 5.73. The predicted octanol–water partition coefficient (Wildman–Crippen LogP) is -0.191. The van der Waals surface area contributed by atoms with Gasteiger partial charge in [0.1, 0.15) is 5.69 Å². The van der Waals surface area contributed by atoms with Crippen LogP contribution in [0.15, 0.2) is 12.1 Å². The van der Waals surface area contributed by atoms with Crippen molar-refractivity contribution in [3.05, 3.63) is 33.4 Å². The van der Waals surface area contributed by atoms with Crippen LogP contribution in [-0.2, 0) is 14.6 Å². The number of carbonyl (C=O) groups excluding carboxylic acids is 1. The van der Waals surface area contributed by atoms with Gasteiger partial charge in [-0.25, -0.2) is 8.42 Å². The number of nitrogen functional groups attached to an aromatic ring is 1. The van der Waals surface area contributed by atoms with Gasteiger partial charge in [-0.2, -0.15) is 0 Å². The first-order chi connectivity index (χ1) is 11.0. The van der Waals surface area contributed by atoms with E-state index < -0.39 is 49.9 Å². The van der Waals surface area contributed by atoms with Gasteiger partial charge in [-0.3, -0.25) is 19.7 Å². The Labute approximate surface area is 136 Å². The summed E-state index contributed by atoms with van der Waals surface area (Å²) in [5.74, 6) is -2.78. The number of carboxylic acid groups (broad SMARTS) is 1. The van der Waals surface area contributed by atoms with E-state index in [1.165, 1.54) is 12.1 Å². The first-order valence-corrected chi connectivity index (χ1v) is 8.54. The van der Waals surface area contributed by atoms with Crippen LogP contribution in [0.5, 0.6) is 0 Å². The van der Waals surface area contributed by atoms with Crippen LogP contribution in [0.1, 0.15) is 15.9 Å². The molecule has 0 aromatic heterocycles. The average molecular weight is 357 g/mol. The fourth-order valence-electron chi connectivity index (χ4n) is 2.48. The lowest BCUT2D eigenvalue weighted by Crippen LogP contribution is -2.52. The quantitative estimate of drug-likeness (QED) is 0.427. The van der Waals surface area contributed by atoms with Crippen LogP contribution < -0.4 is 5.73 Å². The van der Waals surface area contributed by atoms with Crippen LogP contribution in [0.3, 0.4) is 0 Å². The fraction of sp³-hybridized carbons (Fsp3) is 0.385. The summed E-state index contributed by atoms with van der Waals surface area (Å²) in [6, 6.07) is 2.57. The molecule has 0 bridgehead atoms. The number of carbonyl (C=O) groups is 2. The Balaban J connectivity index is 2.40. The normalized spacial score (nSPS) is 19.7. The number of hydrogen-bond donors (Lipinski definition) is 2. The van der Waals surface area contributed by atoms with Gasteiger partial charge in [0.2, 0.25) is 0 Å². The van der Waals surface area contributed by atoms with Crippen LogP contribution in [0.2, 0.25) is 0 Å². The number of anilines is 1. The Hall–Kier alpha value is -2.69. The molecule has 0 radical (unpaired) electrons. The van der Waals surface area contributed by atoms with Crippen molar-refractivity contribution in [3.8, 4) is 0 Å². The molecule has 1 aromatic carbocycles. The molecule has 1 saturated heterocycles. The molecule has 3 N–H and O–H groups in total. The number of benzene rings is 1. The highest BCUT2D eigenvalue weighted by molar-refractivity contribution is 7.92. The number of nitrogens with zero attached hydrogens (tertiary/aromatic N) is 2. The SMILES string of the molecule is Cc1cc(C(=O)N2CCS(=O)(=O)C(C(=O)O)C2)c(N)c([N+](=O)[O-])c1. The van der Waals surface area contributed by atoms with E-state index >= 15 is 0 Å². The number of nitrogens with two attached hydrogens (primary N) is 1. The summed E-state index contributed by atoms with van der Waals surface area (Å²) < 4.78 is 23.5. The van der Waals surface area contributed by atoms with Crippen molar-refractivity contribution in [1.82, 2.24) is 4.90 Å². The molecule has 1 heterocycles. The number of nitro groups is 1. The zero-order valence-electron chi connectivity index (χ0n) is 12.6. The third-order valence-electron chi connectivity index (χ3n) is 3.76. The van der Waals surface area contributed by atoms with Gasteiger partial charge in [0, 0.05) is 19.2 Å². The topological polar surface area (TPSA) is 161 Å². The van der Waals surface area contributed by atoms with E-state index in [0.717, 1.165) is 4.90 Å². The van der Waals surface area contributed by atoms with Crippen molar-refractivity contribution in [3.63, 3.8) is 0 Å². The molecule has 2 rings (SSSR count). The van der Waals surface area contributed by atoms with Crippen LogP contribution >= 0.6 is 0 Å². The molecular weight excluding hydrogens is 342 g/mol. The van der Waals surface area contributed by atoms with Gasteiger partial charge in [-0.1, -0.05) is 0 Å². The van der Waals surface area contributed by atoms with Gasteiger partial charge in [0.15, 0.2) is 15.1 Å². The smallest absolute Gasteiger partial charge is 0.323 e. The molecule has 0 aliphatic carbocycles. The second-order valence-electron chi connectivity index (χ2n) is 5.45. The maximum absolute atomic E-state index is 12.6. The van der Waals surface area contributed by atoms with Crippen molar-refractivity contribution >= 4 is 33.1 Å². The minimum absolute atomic E-state index is 0.148. The van der Waals surface area contributed by atoms with E-state index in [-0.39, 0.29) is 17.8 Å². The molecule has 1 fully saturated rings. The van der Waals surface area contributed by atoms with Crippen LogP contribution in [-0.4, -0.2) is 59.3 Å². The maximum atomic E-state index is 12.6. The van der Waals surface area contributed by atoms with E-state index in [1.807, 2.05) is 0 Å². The minimum atomic E-state index is -3.84. The van der Waals surface area contributed by atoms with Crippen LogP contribution in [0.25, 0.3) is 0 Å². The Kier molecular flexibility index (Phi) is 4.47. The third kappa shape index (κ3) is 3.15. The van der Waals surface area contributed by atoms with Crippen molar-refractivity contribution in [2.24, 2.45) is 0 Å². The molecule has 130 valence electrons. The van der Waals surface area contributed by atoms with Crippen molar-refractivity contribution in [2.75, 3.05) is 24.6 Å². The standard InChI is InChI=1S/C13H15N3O7S/c1-7-4-8(11(14)9(5-7)16(20)21)12(17)15-2-3-24(22,23)10(6-15)13(18)19/h4-5,10H,2-3,6,14H2,1H3,(H,18,19). The summed E-state index contributed by atoms with van der Waals surface area (Å²) in [5, 5.41) is 18.3. The van der Waals surface area contributed by atoms with Gasteiger partial charge < -0.3 is 15.7 Å². The zero-order valence-corrected chi connectivity index (χ0v) is 13.4.